The van der Waals surface area contributed by atoms with E-state index in [1.165, 1.54) is 41.4 Å². The van der Waals surface area contributed by atoms with Crippen LogP contribution in [0.5, 0.6) is 0 Å². The van der Waals surface area contributed by atoms with Crippen molar-refractivity contribution in [1.82, 2.24) is 0 Å². The lowest BCUT2D eigenvalue weighted by atomic mass is 8.66. The molecule has 0 radical (unpaired) electrons. The molecule has 12 rings (SSSR count). The van der Waals surface area contributed by atoms with Gasteiger partial charge in [-0.05, 0) is 106 Å². The molecule has 3 heteroatoms. The van der Waals surface area contributed by atoms with Gasteiger partial charge in [-0.15, -0.1) is 0 Å². The van der Waals surface area contributed by atoms with Crippen LogP contribution >= 0.6 is 23.9 Å². The molecule has 12 atom stereocenters. The highest BCUT2D eigenvalue weighted by Gasteiger charge is 3.37. The Bertz CT molecular complexity index is 872. The van der Waals surface area contributed by atoms with E-state index >= 15 is 0 Å². The molecular weight excluding hydrogens is 324 g/mol. The summed E-state index contributed by atoms with van der Waals surface area (Å²) in [5, 5.41) is 0. The Balaban J connectivity index is 1.29. The van der Waals surface area contributed by atoms with Crippen molar-refractivity contribution in [3.63, 3.8) is 0 Å². The van der Waals surface area contributed by atoms with Gasteiger partial charge in [-0.25, -0.2) is 3.74 Å². The van der Waals surface area contributed by atoms with E-state index in [1.807, 2.05) is 12.0 Å². The average molecular weight is 341 g/mol. The molecule has 0 aromatic heterocycles. The fraction of sp³-hybridized carbons (Fsp3) is 1.00. The van der Waals surface area contributed by atoms with Crippen LogP contribution in [0, 0.1) is 85.8 Å². The minimum atomic E-state index is 0.535. The van der Waals surface area contributed by atoms with E-state index < -0.39 is 0 Å². The first-order valence-corrected chi connectivity index (χ1v) is 11.4. The normalized spacial score (nSPS) is 106. The molecule has 12 aliphatic rings. The SMILES string of the molecule is ClOSC12C3CC4C5CC6C7C8CC9C%10CC1C%101C98C78C56C43C218. The van der Waals surface area contributed by atoms with Gasteiger partial charge in [0.15, 0.2) is 0 Å². The number of hydrogen-bond donors (Lipinski definition) is 0. The Morgan fingerprint density at radius 1 is 0.739 bits per heavy atom. The maximum Gasteiger partial charge on any atom is 0.0753 e. The van der Waals surface area contributed by atoms with Crippen molar-refractivity contribution in [3.8, 4) is 0 Å². The zero-order chi connectivity index (χ0) is 13.9. The number of halogens is 1. The van der Waals surface area contributed by atoms with Gasteiger partial charge in [-0.2, -0.15) is 0 Å². The highest BCUT2D eigenvalue weighted by atomic mass is 35.5. The Morgan fingerprint density at radius 2 is 1.30 bits per heavy atom. The molecule has 1 nitrogen and oxygen atoms in total. The summed E-state index contributed by atoms with van der Waals surface area (Å²) in [5.74, 6) is 10.6. The molecule has 0 heterocycles. The fourth-order valence-electron chi connectivity index (χ4n) is 17.6. The van der Waals surface area contributed by atoms with Crippen LogP contribution in [0.4, 0.5) is 0 Å². The van der Waals surface area contributed by atoms with Crippen LogP contribution in [0.25, 0.3) is 0 Å². The highest BCUT2D eigenvalue weighted by molar-refractivity contribution is 7.97. The lowest BCUT2D eigenvalue weighted by Gasteiger charge is -3.37. The Hall–Kier alpha value is 0.600. The summed E-state index contributed by atoms with van der Waals surface area (Å²) in [6.45, 7) is 0. The smallest absolute Gasteiger partial charge is 0.0753 e. The van der Waals surface area contributed by atoms with Crippen molar-refractivity contribution in [2.45, 2.75) is 30.4 Å². The standard InChI is InChI=1S/C20H17ClOS/c21-22-23-18-11-3-7-5-1-9-13-10-2-6-8-4-12(18)17(8)15(6,10)19(13)14(5,9)16(7,11)20(17,18)19/h5-13H,1-4H2. The van der Waals surface area contributed by atoms with Crippen molar-refractivity contribution in [1.29, 1.82) is 0 Å². The molecule has 0 aromatic carbocycles. The molecule has 0 N–H and O–H groups in total. The van der Waals surface area contributed by atoms with E-state index in [0.29, 0.717) is 4.75 Å². The topological polar surface area (TPSA) is 9.23 Å². The van der Waals surface area contributed by atoms with Gasteiger partial charge in [0.25, 0.3) is 0 Å². The van der Waals surface area contributed by atoms with Gasteiger partial charge in [-0.3, -0.25) is 0 Å². The predicted molar refractivity (Wildman–Crippen MR) is 81.7 cm³/mol. The summed E-state index contributed by atoms with van der Waals surface area (Å²) in [6, 6.07) is 0. The fourth-order valence-corrected chi connectivity index (χ4v) is 19.5. The molecule has 12 unspecified atom stereocenters. The van der Waals surface area contributed by atoms with Gasteiger partial charge in [0.2, 0.25) is 0 Å². The molecule has 12 saturated carbocycles. The van der Waals surface area contributed by atoms with Crippen LogP contribution in [0.1, 0.15) is 25.7 Å². The predicted octanol–water partition coefficient (Wildman–Crippen LogP) is 3.73. The van der Waals surface area contributed by atoms with E-state index in [0.717, 1.165) is 44.3 Å². The van der Waals surface area contributed by atoms with E-state index in [9.17, 15) is 0 Å². The Kier molecular flexibility index (Phi) is 0.808. The third-order valence-corrected chi connectivity index (χ3v) is 16.6. The molecule has 0 amide bonds. The number of fused-ring (bicyclic) bond motifs is 6. The largest absolute Gasteiger partial charge is 0.207 e. The summed E-state index contributed by atoms with van der Waals surface area (Å²) in [6.07, 6.45) is 6.49. The quantitative estimate of drug-likeness (QED) is 0.708. The lowest BCUT2D eigenvalue weighted by molar-refractivity contribution is -0.904. The molecular formula is C20H17ClOS. The van der Waals surface area contributed by atoms with Crippen molar-refractivity contribution in [2.24, 2.45) is 85.8 Å². The number of rotatable bonds is 2. The molecule has 0 aromatic rings. The highest BCUT2D eigenvalue weighted by Crippen LogP contribution is 3.38. The summed E-state index contributed by atoms with van der Waals surface area (Å²) < 4.78 is 5.94. The zero-order valence-electron chi connectivity index (χ0n) is 12.7. The third kappa shape index (κ3) is 0.315. The second-order valence-electron chi connectivity index (χ2n) is 12.2. The maximum absolute atomic E-state index is 5.94. The zero-order valence-corrected chi connectivity index (χ0v) is 14.3. The molecule has 0 saturated heterocycles. The minimum Gasteiger partial charge on any atom is -0.207 e. The summed E-state index contributed by atoms with van der Waals surface area (Å²) >= 11 is 7.75. The van der Waals surface area contributed by atoms with Crippen molar-refractivity contribution >= 4 is 23.9 Å². The van der Waals surface area contributed by atoms with Gasteiger partial charge in [0.05, 0.1) is 16.6 Å². The van der Waals surface area contributed by atoms with E-state index in [2.05, 4.69) is 0 Å². The van der Waals surface area contributed by atoms with E-state index in [-0.39, 0.29) is 0 Å². The summed E-state index contributed by atoms with van der Waals surface area (Å²) in [4.78, 5) is 0. The summed E-state index contributed by atoms with van der Waals surface area (Å²) in [7, 11) is 0. The first kappa shape index (κ1) is 10.1. The first-order chi connectivity index (χ1) is 11.3. The first-order valence-electron chi connectivity index (χ1n) is 10.3. The van der Waals surface area contributed by atoms with Gasteiger partial charge in [0.1, 0.15) is 0 Å². The molecule has 0 bridgehead atoms. The Morgan fingerprint density at radius 3 is 1.87 bits per heavy atom. The van der Waals surface area contributed by atoms with Gasteiger partial charge < -0.3 is 0 Å². The van der Waals surface area contributed by atoms with Gasteiger partial charge >= 0.3 is 0 Å². The van der Waals surface area contributed by atoms with Gasteiger partial charge in [-0.1, -0.05) is 0 Å². The van der Waals surface area contributed by atoms with Crippen LogP contribution in [0.3, 0.4) is 0 Å². The average Bonchev–Trinajstić information content (AvgIpc) is 2.44. The van der Waals surface area contributed by atoms with E-state index in [1.54, 1.807) is 25.7 Å². The van der Waals surface area contributed by atoms with Gasteiger partial charge in [0, 0.05) is 17.5 Å². The third-order valence-electron chi connectivity index (χ3n) is 15.2. The molecule has 23 heavy (non-hydrogen) atoms. The lowest BCUT2D eigenvalue weighted by Crippen LogP contribution is -3.37. The number of hydrogen-bond acceptors (Lipinski definition) is 2. The second kappa shape index (κ2) is 1.84. The monoisotopic (exact) mass is 340 g/mol. The molecule has 6 spiro atoms. The van der Waals surface area contributed by atoms with Crippen molar-refractivity contribution in [2.75, 3.05) is 0 Å². The molecule has 116 valence electrons. The van der Waals surface area contributed by atoms with Crippen molar-refractivity contribution < 1.29 is 3.74 Å². The van der Waals surface area contributed by atoms with Crippen LogP contribution in [-0.4, -0.2) is 4.75 Å². The van der Waals surface area contributed by atoms with Crippen LogP contribution in [-0.2, 0) is 3.74 Å². The van der Waals surface area contributed by atoms with Crippen LogP contribution in [0.2, 0.25) is 0 Å². The summed E-state index contributed by atoms with van der Waals surface area (Å²) in [5.41, 5.74) is 5.45. The van der Waals surface area contributed by atoms with Crippen molar-refractivity contribution in [3.05, 3.63) is 0 Å². The Labute approximate surface area is 144 Å². The van der Waals surface area contributed by atoms with E-state index in [4.69, 9.17) is 15.6 Å². The molecule has 12 fully saturated rings. The minimum absolute atomic E-state index is 0.535. The molecule has 12 aliphatic carbocycles. The maximum atomic E-state index is 5.94. The second-order valence-corrected chi connectivity index (χ2v) is 13.5. The molecule has 0 aliphatic heterocycles. The van der Waals surface area contributed by atoms with Crippen LogP contribution < -0.4 is 0 Å². The van der Waals surface area contributed by atoms with Crippen LogP contribution in [0.15, 0.2) is 0 Å².